The number of hydrogen-bond acceptors (Lipinski definition) is 6. The van der Waals surface area contributed by atoms with Gasteiger partial charge in [-0.1, -0.05) is 12.1 Å². The Morgan fingerprint density at radius 1 is 1.04 bits per heavy atom. The summed E-state index contributed by atoms with van der Waals surface area (Å²) in [6, 6.07) is 13.4. The zero-order valence-corrected chi connectivity index (χ0v) is 25.8. The Morgan fingerprint density at radius 3 is 2.47 bits per heavy atom. The molecule has 0 spiro atoms. The Balaban J connectivity index is 1.51. The number of hydrogen-bond donors (Lipinski definition) is 2. The zero-order chi connectivity index (χ0) is 32.7. The van der Waals surface area contributed by atoms with Crippen molar-refractivity contribution in [1.82, 2.24) is 20.0 Å². The smallest absolute Gasteiger partial charge is 0.407 e. The van der Waals surface area contributed by atoms with E-state index in [-0.39, 0.29) is 36.2 Å². The molecule has 0 aliphatic carbocycles. The molecule has 2 N–H and O–H groups in total. The van der Waals surface area contributed by atoms with Crippen LogP contribution in [0.15, 0.2) is 54.7 Å². The van der Waals surface area contributed by atoms with Gasteiger partial charge in [-0.25, -0.2) is 13.6 Å². The molecule has 2 amide bonds. The predicted molar refractivity (Wildman–Crippen MR) is 165 cm³/mol. The molecule has 0 bridgehead atoms. The molecule has 4 aromatic rings. The van der Waals surface area contributed by atoms with Gasteiger partial charge in [-0.3, -0.25) is 9.48 Å². The van der Waals surface area contributed by atoms with E-state index in [0.717, 1.165) is 0 Å². The van der Waals surface area contributed by atoms with Crippen LogP contribution in [0.4, 0.5) is 13.6 Å². The summed E-state index contributed by atoms with van der Waals surface area (Å²) in [5.41, 5.74) is 0.332. The Hall–Kier alpha value is -4.82. The van der Waals surface area contributed by atoms with Crippen LogP contribution in [0.25, 0.3) is 33.2 Å². The van der Waals surface area contributed by atoms with Crippen LogP contribution in [0.3, 0.4) is 0 Å². The minimum atomic E-state index is -1.07. The number of amides is 2. The number of aromatic nitrogens is 2. The van der Waals surface area contributed by atoms with Crippen LogP contribution in [0.5, 0.6) is 0 Å². The number of carbonyl (C=O) groups is 2. The summed E-state index contributed by atoms with van der Waals surface area (Å²) in [5.74, 6) is -1.60. The minimum absolute atomic E-state index is 0.139. The molecule has 11 heteroatoms. The number of ether oxygens (including phenoxy) is 1. The Bertz CT molecular complexity index is 1830. The average molecular weight is 616 g/mol. The van der Waals surface area contributed by atoms with Gasteiger partial charge in [0.2, 0.25) is 0 Å². The number of nitrogens with one attached hydrogen (secondary N) is 1. The Morgan fingerprint density at radius 2 is 1.80 bits per heavy atom. The zero-order valence-electron chi connectivity index (χ0n) is 25.8. The fraction of sp³-hybridized carbons (Fsp3) is 0.353. The maximum Gasteiger partial charge on any atom is 0.407 e. The molecule has 1 aliphatic heterocycles. The number of nitriles is 1. The highest BCUT2D eigenvalue weighted by atomic mass is 19.1. The molecule has 0 saturated carbocycles. The molecule has 9 nitrogen and oxygen atoms in total. The molecule has 3 aromatic carbocycles. The van der Waals surface area contributed by atoms with Gasteiger partial charge in [0.05, 0.1) is 35.5 Å². The average Bonchev–Trinajstić information content (AvgIpc) is 3.56. The molecular weight excluding hydrogens is 580 g/mol. The quantitative estimate of drug-likeness (QED) is 0.273. The lowest BCUT2D eigenvalue weighted by Gasteiger charge is -2.22. The van der Waals surface area contributed by atoms with Crippen molar-refractivity contribution >= 4 is 22.9 Å². The van der Waals surface area contributed by atoms with E-state index in [0.29, 0.717) is 46.1 Å². The molecule has 2 heterocycles. The Labute approximate surface area is 260 Å². The van der Waals surface area contributed by atoms with Gasteiger partial charge in [0.15, 0.2) is 0 Å². The topological polar surface area (TPSA) is 120 Å². The van der Waals surface area contributed by atoms with Crippen molar-refractivity contribution in [3.8, 4) is 28.3 Å². The first kappa shape index (κ1) is 31.6. The number of alkyl carbamates (subject to hydrolysis) is 1. The van der Waals surface area contributed by atoms with Gasteiger partial charge in [-0.2, -0.15) is 10.4 Å². The van der Waals surface area contributed by atoms with Crippen LogP contribution in [0.2, 0.25) is 0 Å². The van der Waals surface area contributed by atoms with Crippen molar-refractivity contribution in [3.63, 3.8) is 0 Å². The van der Waals surface area contributed by atoms with Crippen LogP contribution in [0.1, 0.15) is 57.0 Å². The number of nitrogens with zero attached hydrogens (tertiary/aromatic N) is 4. The summed E-state index contributed by atoms with van der Waals surface area (Å²) < 4.78 is 37.5. The fourth-order valence-corrected chi connectivity index (χ4v) is 5.44. The lowest BCUT2D eigenvalue weighted by molar-refractivity contribution is 0.0501. The van der Waals surface area contributed by atoms with Gasteiger partial charge in [0.25, 0.3) is 5.91 Å². The third kappa shape index (κ3) is 7.13. The SMILES string of the molecule is CC(C)(O)Cn1ncc2cc(-c3ccc(C(=O)N4CCC(NC(=O)OC(C)(C)C)C4)cc3-c3ccc(C#N)c(F)c3)c(F)cc21. The number of halogens is 2. The van der Waals surface area contributed by atoms with Gasteiger partial charge in [-0.05, 0) is 88.1 Å². The molecule has 1 unspecified atom stereocenters. The van der Waals surface area contributed by atoms with Gasteiger partial charge < -0.3 is 20.1 Å². The summed E-state index contributed by atoms with van der Waals surface area (Å²) in [4.78, 5) is 27.5. The predicted octanol–water partition coefficient (Wildman–Crippen LogP) is 6.03. The highest BCUT2D eigenvalue weighted by Crippen LogP contribution is 2.37. The van der Waals surface area contributed by atoms with Gasteiger partial charge in [0, 0.05) is 35.7 Å². The van der Waals surface area contributed by atoms with E-state index in [2.05, 4.69) is 10.4 Å². The molecule has 1 aromatic heterocycles. The monoisotopic (exact) mass is 615 g/mol. The van der Waals surface area contributed by atoms with Gasteiger partial charge in [-0.15, -0.1) is 0 Å². The molecule has 45 heavy (non-hydrogen) atoms. The van der Waals surface area contributed by atoms with E-state index in [1.54, 1.807) is 82.1 Å². The third-order valence-electron chi connectivity index (χ3n) is 7.42. The van der Waals surface area contributed by atoms with Crippen LogP contribution in [-0.4, -0.2) is 62.1 Å². The maximum atomic E-state index is 15.8. The lowest BCUT2D eigenvalue weighted by atomic mass is 9.91. The van der Waals surface area contributed by atoms with Crippen molar-refractivity contribution < 1.29 is 28.2 Å². The first-order valence-corrected chi connectivity index (χ1v) is 14.6. The molecule has 1 aliphatic rings. The van der Waals surface area contributed by atoms with Crippen molar-refractivity contribution in [3.05, 3.63) is 77.5 Å². The van der Waals surface area contributed by atoms with Crippen LogP contribution >= 0.6 is 0 Å². The number of aliphatic hydroxyl groups is 1. The third-order valence-corrected chi connectivity index (χ3v) is 7.42. The first-order chi connectivity index (χ1) is 21.1. The van der Waals surface area contributed by atoms with Crippen LogP contribution < -0.4 is 5.32 Å². The highest BCUT2D eigenvalue weighted by Gasteiger charge is 2.30. The molecular formula is C34H35F2N5O4. The second kappa shape index (κ2) is 11.9. The van der Waals surface area contributed by atoms with Gasteiger partial charge >= 0.3 is 6.09 Å². The summed E-state index contributed by atoms with van der Waals surface area (Å²) in [5, 5.41) is 27.3. The maximum absolute atomic E-state index is 15.8. The standard InChI is InChI=1S/C34H35F2N5O4/c1-33(2,3)45-32(43)39-24-10-11-40(18-24)31(42)21-8-9-25(26(12-21)20-6-7-22(16-37)28(35)14-20)27-13-23-17-38-41(19-34(4,5)44)30(23)15-29(27)36/h6-9,12-15,17,24,44H,10-11,18-19H2,1-5H3,(H,39,43). The van der Waals surface area contributed by atoms with E-state index in [1.165, 1.54) is 22.9 Å². The lowest BCUT2D eigenvalue weighted by Crippen LogP contribution is -2.41. The Kier molecular flexibility index (Phi) is 8.38. The second-order valence-corrected chi connectivity index (χ2v) is 13.0. The largest absolute Gasteiger partial charge is 0.444 e. The van der Waals surface area contributed by atoms with Crippen molar-refractivity contribution in [2.45, 2.75) is 64.8 Å². The fourth-order valence-electron chi connectivity index (χ4n) is 5.44. The molecule has 1 saturated heterocycles. The van der Waals surface area contributed by atoms with Gasteiger partial charge in [0.1, 0.15) is 23.3 Å². The summed E-state index contributed by atoms with van der Waals surface area (Å²) >= 11 is 0. The number of carbonyl (C=O) groups excluding carboxylic acids is 2. The number of rotatable bonds is 6. The van der Waals surface area contributed by atoms with E-state index in [9.17, 15) is 24.3 Å². The number of fused-ring (bicyclic) bond motifs is 1. The summed E-state index contributed by atoms with van der Waals surface area (Å²) in [6.07, 6.45) is 1.57. The van der Waals surface area contributed by atoms with Crippen molar-refractivity contribution in [2.24, 2.45) is 0 Å². The number of likely N-dealkylation sites (tertiary alicyclic amines) is 1. The van der Waals surface area contributed by atoms with Crippen LogP contribution in [-0.2, 0) is 11.3 Å². The first-order valence-electron chi connectivity index (χ1n) is 14.6. The van der Waals surface area contributed by atoms with Crippen molar-refractivity contribution in [1.29, 1.82) is 5.26 Å². The van der Waals surface area contributed by atoms with E-state index < -0.39 is 28.9 Å². The molecule has 1 fully saturated rings. The molecule has 5 rings (SSSR count). The van der Waals surface area contributed by atoms with E-state index in [4.69, 9.17) is 4.74 Å². The van der Waals surface area contributed by atoms with Crippen LogP contribution in [0, 0.1) is 23.0 Å². The van der Waals surface area contributed by atoms with E-state index in [1.807, 2.05) is 0 Å². The molecule has 0 radical (unpaired) electrons. The molecule has 1 atom stereocenters. The normalized spacial score (nSPS) is 15.3. The highest BCUT2D eigenvalue weighted by molar-refractivity contribution is 5.99. The number of benzene rings is 3. The second-order valence-electron chi connectivity index (χ2n) is 13.0. The van der Waals surface area contributed by atoms with Crippen molar-refractivity contribution in [2.75, 3.05) is 13.1 Å². The molecule has 234 valence electrons. The summed E-state index contributed by atoms with van der Waals surface area (Å²) in [6.45, 7) is 9.43. The summed E-state index contributed by atoms with van der Waals surface area (Å²) in [7, 11) is 0. The van der Waals surface area contributed by atoms with E-state index >= 15 is 4.39 Å². The minimum Gasteiger partial charge on any atom is -0.444 e.